The van der Waals surface area contributed by atoms with Gasteiger partial charge < -0.3 is 14.2 Å². The van der Waals surface area contributed by atoms with E-state index in [1.165, 1.54) is 0 Å². The van der Waals surface area contributed by atoms with Crippen LogP contribution in [0.3, 0.4) is 0 Å². The third kappa shape index (κ3) is 4.79. The van der Waals surface area contributed by atoms with E-state index in [1.54, 1.807) is 19.5 Å². The molecule has 5 nitrogen and oxygen atoms in total. The van der Waals surface area contributed by atoms with Gasteiger partial charge in [-0.1, -0.05) is 23.7 Å². The maximum atomic E-state index is 5.39. The van der Waals surface area contributed by atoms with Gasteiger partial charge in [-0.2, -0.15) is 0 Å². The minimum Gasteiger partial charge on any atom is -0.497 e. The van der Waals surface area contributed by atoms with Crippen LogP contribution in [0.1, 0.15) is 22.3 Å². The van der Waals surface area contributed by atoms with Crippen LogP contribution in [0.2, 0.25) is 0 Å². The van der Waals surface area contributed by atoms with Gasteiger partial charge in [0.1, 0.15) is 5.75 Å². The van der Waals surface area contributed by atoms with Crippen molar-refractivity contribution in [1.29, 1.82) is 0 Å². The molecule has 4 aromatic rings. The highest BCUT2D eigenvalue weighted by Gasteiger charge is 2.12. The van der Waals surface area contributed by atoms with Gasteiger partial charge in [0, 0.05) is 34.6 Å². The molecule has 0 N–H and O–H groups in total. The van der Waals surface area contributed by atoms with Crippen molar-refractivity contribution in [3.8, 4) is 52.3 Å². The fraction of sp³-hybridized carbons (Fsp3) is 0.0714. The Morgan fingerprint density at radius 3 is 1.79 bits per heavy atom. The SMILES string of the molecule is COc1ccc(C#Cc2ccc(-c3ccc(C#Cc4ccc5c(c4)OCO5)cn3)nc2)cc1. The molecule has 5 rings (SSSR count). The van der Waals surface area contributed by atoms with Crippen LogP contribution in [-0.4, -0.2) is 23.9 Å². The lowest BCUT2D eigenvalue weighted by Gasteiger charge is -2.00. The fourth-order valence-electron chi connectivity index (χ4n) is 3.18. The van der Waals surface area contributed by atoms with Crippen LogP contribution in [-0.2, 0) is 0 Å². The molecule has 0 spiro atoms. The molecule has 0 atom stereocenters. The number of ether oxygens (including phenoxy) is 3. The summed E-state index contributed by atoms with van der Waals surface area (Å²) in [6, 6.07) is 21.0. The molecular weight excluding hydrogens is 412 g/mol. The van der Waals surface area contributed by atoms with Gasteiger partial charge in [-0.05, 0) is 66.7 Å². The molecule has 2 aromatic heterocycles. The summed E-state index contributed by atoms with van der Waals surface area (Å²) in [6.07, 6.45) is 3.50. The number of fused-ring (bicyclic) bond motifs is 1. The summed E-state index contributed by atoms with van der Waals surface area (Å²) >= 11 is 0. The van der Waals surface area contributed by atoms with E-state index in [0.29, 0.717) is 0 Å². The highest BCUT2D eigenvalue weighted by molar-refractivity contribution is 5.57. The smallest absolute Gasteiger partial charge is 0.231 e. The molecule has 0 radical (unpaired) electrons. The normalized spacial score (nSPS) is 11.1. The minimum absolute atomic E-state index is 0.252. The van der Waals surface area contributed by atoms with Gasteiger partial charge in [0.15, 0.2) is 11.5 Å². The number of pyridine rings is 2. The van der Waals surface area contributed by atoms with Crippen LogP contribution in [0.5, 0.6) is 17.2 Å². The molecule has 5 heteroatoms. The fourth-order valence-corrected chi connectivity index (χ4v) is 3.18. The molecule has 1 aliphatic rings. The van der Waals surface area contributed by atoms with Crippen molar-refractivity contribution < 1.29 is 14.2 Å². The van der Waals surface area contributed by atoms with Crippen molar-refractivity contribution in [2.45, 2.75) is 0 Å². The van der Waals surface area contributed by atoms with Gasteiger partial charge >= 0.3 is 0 Å². The van der Waals surface area contributed by atoms with Crippen LogP contribution in [0.4, 0.5) is 0 Å². The van der Waals surface area contributed by atoms with Crippen LogP contribution in [0, 0.1) is 23.7 Å². The standard InChI is InChI=1S/C28H18N2O3/c1-31-24-11-6-20(7-12-24)2-4-22-8-13-25(29-17-22)26-14-9-23(18-30-26)5-3-21-10-15-27-28(16-21)33-19-32-27/h6-18H,19H2,1H3. The molecule has 0 saturated carbocycles. The number of methoxy groups -OCH3 is 1. The maximum absolute atomic E-state index is 5.39. The second-order valence-corrected chi connectivity index (χ2v) is 7.16. The molecule has 3 heterocycles. The Kier molecular flexibility index (Phi) is 5.61. The van der Waals surface area contributed by atoms with E-state index in [2.05, 4.69) is 33.6 Å². The number of hydrogen-bond donors (Lipinski definition) is 0. The Morgan fingerprint density at radius 1 is 0.636 bits per heavy atom. The molecule has 0 bridgehead atoms. The molecule has 2 aromatic carbocycles. The topological polar surface area (TPSA) is 53.5 Å². The monoisotopic (exact) mass is 430 g/mol. The Bertz CT molecular complexity index is 1400. The van der Waals surface area contributed by atoms with Crippen LogP contribution in [0.25, 0.3) is 11.4 Å². The Morgan fingerprint density at radius 2 is 1.18 bits per heavy atom. The molecule has 0 unspecified atom stereocenters. The minimum atomic E-state index is 0.252. The number of aromatic nitrogens is 2. The Labute approximate surface area is 192 Å². The number of rotatable bonds is 2. The summed E-state index contributed by atoms with van der Waals surface area (Å²) in [5.74, 6) is 14.8. The first kappa shape index (κ1) is 20.2. The first-order valence-corrected chi connectivity index (χ1v) is 10.3. The van der Waals surface area contributed by atoms with Gasteiger partial charge in [-0.15, -0.1) is 0 Å². The summed E-state index contributed by atoms with van der Waals surface area (Å²) in [4.78, 5) is 9.00. The van der Waals surface area contributed by atoms with Crippen LogP contribution >= 0.6 is 0 Å². The molecule has 0 saturated heterocycles. The van der Waals surface area contributed by atoms with Gasteiger partial charge in [0.2, 0.25) is 6.79 Å². The van der Waals surface area contributed by atoms with E-state index in [-0.39, 0.29) is 6.79 Å². The highest BCUT2D eigenvalue weighted by Crippen LogP contribution is 2.32. The molecule has 33 heavy (non-hydrogen) atoms. The molecule has 0 amide bonds. The third-order valence-electron chi connectivity index (χ3n) is 4.95. The maximum Gasteiger partial charge on any atom is 0.231 e. The molecule has 1 aliphatic heterocycles. The van der Waals surface area contributed by atoms with Gasteiger partial charge in [0.05, 0.1) is 18.5 Å². The second kappa shape index (κ2) is 9.18. The summed E-state index contributed by atoms with van der Waals surface area (Å²) in [6.45, 7) is 0.252. The Balaban J connectivity index is 1.26. The molecule has 0 aliphatic carbocycles. The van der Waals surface area contributed by atoms with Gasteiger partial charge in [0.25, 0.3) is 0 Å². The average Bonchev–Trinajstić information content (AvgIpc) is 3.35. The zero-order valence-electron chi connectivity index (χ0n) is 17.8. The highest BCUT2D eigenvalue weighted by atomic mass is 16.7. The van der Waals surface area contributed by atoms with E-state index in [9.17, 15) is 0 Å². The van der Waals surface area contributed by atoms with Gasteiger partial charge in [-0.3, -0.25) is 9.97 Å². The first-order chi connectivity index (χ1) is 16.3. The predicted octanol–water partition coefficient (Wildman–Crippen LogP) is 4.68. The van der Waals surface area contributed by atoms with Crippen molar-refractivity contribution in [2.75, 3.05) is 13.9 Å². The summed E-state index contributed by atoms with van der Waals surface area (Å²) < 4.78 is 15.9. The van der Waals surface area contributed by atoms with E-state index in [0.717, 1.165) is 50.9 Å². The largest absolute Gasteiger partial charge is 0.497 e. The van der Waals surface area contributed by atoms with E-state index in [4.69, 9.17) is 14.2 Å². The zero-order valence-corrected chi connectivity index (χ0v) is 17.8. The van der Waals surface area contributed by atoms with Crippen molar-refractivity contribution in [3.05, 3.63) is 101 Å². The van der Waals surface area contributed by atoms with E-state index >= 15 is 0 Å². The lowest BCUT2D eigenvalue weighted by molar-refractivity contribution is 0.174. The van der Waals surface area contributed by atoms with Crippen molar-refractivity contribution in [2.24, 2.45) is 0 Å². The molecule has 158 valence electrons. The van der Waals surface area contributed by atoms with E-state index in [1.807, 2.05) is 66.7 Å². The average molecular weight is 430 g/mol. The van der Waals surface area contributed by atoms with Crippen LogP contribution in [0.15, 0.2) is 79.1 Å². The predicted molar refractivity (Wildman–Crippen MR) is 125 cm³/mol. The quantitative estimate of drug-likeness (QED) is 0.432. The number of hydrogen-bond acceptors (Lipinski definition) is 5. The molecule has 0 fully saturated rings. The lowest BCUT2D eigenvalue weighted by atomic mass is 10.1. The van der Waals surface area contributed by atoms with Crippen molar-refractivity contribution in [1.82, 2.24) is 9.97 Å². The van der Waals surface area contributed by atoms with Gasteiger partial charge in [-0.25, -0.2) is 0 Å². The van der Waals surface area contributed by atoms with Crippen molar-refractivity contribution >= 4 is 0 Å². The second-order valence-electron chi connectivity index (χ2n) is 7.16. The zero-order chi connectivity index (χ0) is 22.5. The van der Waals surface area contributed by atoms with Crippen molar-refractivity contribution in [3.63, 3.8) is 0 Å². The summed E-state index contributed by atoms with van der Waals surface area (Å²) in [5.41, 5.74) is 4.98. The van der Waals surface area contributed by atoms with E-state index < -0.39 is 0 Å². The lowest BCUT2D eigenvalue weighted by Crippen LogP contribution is -1.92. The Hall–Kier alpha value is -4.74. The summed E-state index contributed by atoms with van der Waals surface area (Å²) in [5, 5.41) is 0. The van der Waals surface area contributed by atoms with Crippen LogP contribution < -0.4 is 14.2 Å². The summed E-state index contributed by atoms with van der Waals surface area (Å²) in [7, 11) is 1.64. The first-order valence-electron chi connectivity index (χ1n) is 10.3. The molecular formula is C28H18N2O3. The number of benzene rings is 2. The number of nitrogens with zero attached hydrogens (tertiary/aromatic N) is 2. The third-order valence-corrected chi connectivity index (χ3v) is 4.95.